The molecule has 180 valence electrons. The second-order valence-electron chi connectivity index (χ2n) is 9.24. The van der Waals surface area contributed by atoms with E-state index >= 15 is 0 Å². The van der Waals surface area contributed by atoms with Crippen LogP contribution in [0, 0.1) is 6.92 Å². The highest BCUT2D eigenvalue weighted by molar-refractivity contribution is 5.77. The molecule has 0 aliphatic heterocycles. The molecule has 4 heteroatoms. The number of amides is 1. The quantitative estimate of drug-likeness (QED) is 0.265. The largest absolute Gasteiger partial charge is 0.356 e. The zero-order chi connectivity index (χ0) is 24.7. The van der Waals surface area contributed by atoms with Crippen LogP contribution in [-0.4, -0.2) is 21.8 Å². The molecule has 0 radical (unpaired) electrons. The molecule has 5 aromatic rings. The van der Waals surface area contributed by atoms with Gasteiger partial charge in [0.15, 0.2) is 0 Å². The Labute approximate surface area is 212 Å². The average Bonchev–Trinajstić information content (AvgIpc) is 3.35. The van der Waals surface area contributed by atoms with Gasteiger partial charge >= 0.3 is 0 Å². The summed E-state index contributed by atoms with van der Waals surface area (Å²) in [5.74, 6) is 0.204. The lowest BCUT2D eigenvalue weighted by Crippen LogP contribution is -2.28. The van der Waals surface area contributed by atoms with Gasteiger partial charge in [-0.3, -0.25) is 4.79 Å². The Morgan fingerprint density at radius 2 is 1.44 bits per heavy atom. The summed E-state index contributed by atoms with van der Waals surface area (Å²) in [5, 5.41) is 3.21. The van der Waals surface area contributed by atoms with Gasteiger partial charge in [0, 0.05) is 37.2 Å². The number of hydrogen-bond acceptors (Lipinski definition) is 2. The lowest BCUT2D eigenvalue weighted by atomic mass is 9.88. The van der Waals surface area contributed by atoms with E-state index in [1.54, 1.807) is 0 Å². The van der Waals surface area contributed by atoms with Gasteiger partial charge in [0.05, 0.1) is 5.69 Å². The topological polar surface area (TPSA) is 46.4 Å². The van der Waals surface area contributed by atoms with E-state index in [4.69, 9.17) is 0 Å². The predicted octanol–water partition coefficient (Wildman–Crippen LogP) is 6.50. The Kier molecular flexibility index (Phi) is 7.23. The summed E-state index contributed by atoms with van der Waals surface area (Å²) in [6.45, 7) is 2.72. The number of carbonyl (C=O) groups excluding carboxylic acids is 1. The van der Waals surface area contributed by atoms with E-state index in [2.05, 4.69) is 82.3 Å². The van der Waals surface area contributed by atoms with Crippen molar-refractivity contribution in [3.63, 3.8) is 0 Å². The van der Waals surface area contributed by atoms with Gasteiger partial charge in [0.2, 0.25) is 5.91 Å². The fourth-order valence-corrected chi connectivity index (χ4v) is 5.07. The van der Waals surface area contributed by atoms with Gasteiger partial charge in [-0.2, -0.15) is 0 Å². The first-order chi connectivity index (χ1) is 17.7. The van der Waals surface area contributed by atoms with E-state index in [0.29, 0.717) is 13.0 Å². The Bertz CT molecular complexity index is 1390. The predicted molar refractivity (Wildman–Crippen MR) is 145 cm³/mol. The van der Waals surface area contributed by atoms with E-state index in [1.807, 2.05) is 54.9 Å². The molecule has 0 spiro atoms. The van der Waals surface area contributed by atoms with Crippen LogP contribution in [0.2, 0.25) is 0 Å². The summed E-state index contributed by atoms with van der Waals surface area (Å²) in [6.07, 6.45) is 5.13. The number of aromatic nitrogens is 2. The maximum atomic E-state index is 13.3. The first kappa shape index (κ1) is 23.6. The van der Waals surface area contributed by atoms with Crippen molar-refractivity contribution in [2.75, 3.05) is 6.54 Å². The molecule has 36 heavy (non-hydrogen) atoms. The van der Waals surface area contributed by atoms with Gasteiger partial charge in [-0.1, -0.05) is 91.0 Å². The SMILES string of the molecule is Cc1ccccc1C(CC(=O)NCCC(c1ccccc1)c1ccccc1)c1cnc2ccccn12. The van der Waals surface area contributed by atoms with Crippen LogP contribution in [0.5, 0.6) is 0 Å². The van der Waals surface area contributed by atoms with E-state index in [9.17, 15) is 4.79 Å². The summed E-state index contributed by atoms with van der Waals surface area (Å²) in [4.78, 5) is 17.9. The van der Waals surface area contributed by atoms with Crippen LogP contribution in [-0.2, 0) is 4.79 Å². The Morgan fingerprint density at radius 3 is 2.14 bits per heavy atom. The second kappa shape index (κ2) is 11.0. The number of imidazole rings is 1. The van der Waals surface area contributed by atoms with Crippen molar-refractivity contribution in [1.82, 2.24) is 14.7 Å². The summed E-state index contributed by atoms with van der Waals surface area (Å²) < 4.78 is 2.09. The third-order valence-corrected chi connectivity index (χ3v) is 6.92. The number of nitrogens with zero attached hydrogens (tertiary/aromatic N) is 2. The Hall–Kier alpha value is -4.18. The number of pyridine rings is 1. The average molecular weight is 474 g/mol. The highest BCUT2D eigenvalue weighted by Gasteiger charge is 2.23. The minimum absolute atomic E-state index is 0.0500. The molecular weight excluding hydrogens is 442 g/mol. The normalized spacial score (nSPS) is 12.1. The molecule has 0 saturated carbocycles. The summed E-state index contributed by atoms with van der Waals surface area (Å²) in [7, 11) is 0. The van der Waals surface area contributed by atoms with Crippen molar-refractivity contribution in [3.05, 3.63) is 143 Å². The molecule has 2 aromatic heterocycles. The minimum atomic E-state index is -0.0809. The van der Waals surface area contributed by atoms with Crippen molar-refractivity contribution in [2.45, 2.75) is 31.6 Å². The third kappa shape index (κ3) is 5.23. The summed E-state index contributed by atoms with van der Waals surface area (Å²) in [6, 6.07) is 35.3. The van der Waals surface area contributed by atoms with Crippen LogP contribution >= 0.6 is 0 Å². The molecule has 0 saturated heterocycles. The molecule has 4 nitrogen and oxygen atoms in total. The second-order valence-corrected chi connectivity index (χ2v) is 9.24. The van der Waals surface area contributed by atoms with Crippen molar-refractivity contribution >= 4 is 11.6 Å². The maximum Gasteiger partial charge on any atom is 0.221 e. The van der Waals surface area contributed by atoms with Gasteiger partial charge in [-0.25, -0.2) is 4.98 Å². The number of carbonyl (C=O) groups is 1. The van der Waals surface area contributed by atoms with Crippen molar-refractivity contribution in [1.29, 1.82) is 0 Å². The standard InChI is InChI=1S/C32H31N3O/c1-24-12-8-9-17-27(24)29(30-23-34-31-18-10-11-21-35(30)31)22-32(36)33-20-19-28(25-13-4-2-5-14-25)26-15-6-3-7-16-26/h2-18,21,23,28-29H,19-20,22H2,1H3,(H,33,36). The molecule has 0 fully saturated rings. The first-order valence-electron chi connectivity index (χ1n) is 12.5. The zero-order valence-electron chi connectivity index (χ0n) is 20.5. The van der Waals surface area contributed by atoms with Crippen molar-refractivity contribution in [3.8, 4) is 0 Å². The lowest BCUT2D eigenvalue weighted by Gasteiger charge is -2.21. The molecular formula is C32H31N3O. The van der Waals surface area contributed by atoms with E-state index in [0.717, 1.165) is 23.3 Å². The molecule has 0 bridgehead atoms. The highest BCUT2D eigenvalue weighted by Crippen LogP contribution is 2.31. The Morgan fingerprint density at radius 1 is 0.806 bits per heavy atom. The Balaban J connectivity index is 1.33. The number of aryl methyl sites for hydroxylation is 1. The number of benzene rings is 3. The first-order valence-corrected chi connectivity index (χ1v) is 12.5. The number of hydrogen-bond donors (Lipinski definition) is 1. The molecule has 3 aromatic carbocycles. The van der Waals surface area contributed by atoms with Crippen LogP contribution in [0.3, 0.4) is 0 Å². The van der Waals surface area contributed by atoms with Crippen LogP contribution in [0.25, 0.3) is 5.65 Å². The van der Waals surface area contributed by atoms with E-state index < -0.39 is 0 Å². The fraction of sp³-hybridized carbons (Fsp3) is 0.188. The van der Waals surface area contributed by atoms with Gasteiger partial charge in [0.25, 0.3) is 0 Å². The highest BCUT2D eigenvalue weighted by atomic mass is 16.1. The van der Waals surface area contributed by atoms with Gasteiger partial charge in [-0.15, -0.1) is 0 Å². The van der Waals surface area contributed by atoms with Crippen LogP contribution in [0.4, 0.5) is 0 Å². The lowest BCUT2D eigenvalue weighted by molar-refractivity contribution is -0.121. The molecule has 1 unspecified atom stereocenters. The van der Waals surface area contributed by atoms with Gasteiger partial charge < -0.3 is 9.72 Å². The minimum Gasteiger partial charge on any atom is -0.356 e. The molecule has 1 amide bonds. The van der Waals surface area contributed by atoms with Crippen molar-refractivity contribution < 1.29 is 4.79 Å². The molecule has 2 heterocycles. The maximum absolute atomic E-state index is 13.3. The van der Waals surface area contributed by atoms with E-state index in [-0.39, 0.29) is 17.7 Å². The number of rotatable bonds is 9. The molecule has 0 aliphatic carbocycles. The number of fused-ring (bicyclic) bond motifs is 1. The van der Waals surface area contributed by atoms with Gasteiger partial charge in [0.1, 0.15) is 5.65 Å². The van der Waals surface area contributed by atoms with Crippen LogP contribution in [0.15, 0.2) is 116 Å². The van der Waals surface area contributed by atoms with E-state index in [1.165, 1.54) is 16.7 Å². The molecule has 1 N–H and O–H groups in total. The summed E-state index contributed by atoms with van der Waals surface area (Å²) >= 11 is 0. The molecule has 0 aliphatic rings. The third-order valence-electron chi connectivity index (χ3n) is 6.92. The molecule has 1 atom stereocenters. The smallest absolute Gasteiger partial charge is 0.221 e. The fourth-order valence-electron chi connectivity index (χ4n) is 5.07. The van der Waals surface area contributed by atoms with Gasteiger partial charge in [-0.05, 0) is 47.7 Å². The van der Waals surface area contributed by atoms with Crippen LogP contribution in [0.1, 0.15) is 52.6 Å². The monoisotopic (exact) mass is 473 g/mol. The summed E-state index contributed by atoms with van der Waals surface area (Å²) in [5.41, 5.74) is 6.78. The number of nitrogens with one attached hydrogen (secondary N) is 1. The zero-order valence-corrected chi connectivity index (χ0v) is 20.5. The van der Waals surface area contributed by atoms with Crippen LogP contribution < -0.4 is 5.32 Å². The van der Waals surface area contributed by atoms with Crippen molar-refractivity contribution in [2.24, 2.45) is 0 Å². The molecule has 5 rings (SSSR count).